The Balaban J connectivity index is 2.71. The van der Waals surface area contributed by atoms with Crippen molar-refractivity contribution in [3.05, 3.63) is 41.3 Å². The number of hydrogen-bond donors (Lipinski definition) is 0. The summed E-state index contributed by atoms with van der Waals surface area (Å²) >= 11 is 1.09. The van der Waals surface area contributed by atoms with E-state index in [1.807, 2.05) is 0 Å². The van der Waals surface area contributed by atoms with Gasteiger partial charge in [-0.3, -0.25) is 0 Å². The molecule has 0 bridgehead atoms. The van der Waals surface area contributed by atoms with Gasteiger partial charge in [0.1, 0.15) is 12.3 Å². The van der Waals surface area contributed by atoms with Crippen molar-refractivity contribution < 1.29 is 16.8 Å². The lowest BCUT2D eigenvalue weighted by Crippen LogP contribution is -2.16. The molecule has 4 nitrogen and oxygen atoms in total. The summed E-state index contributed by atoms with van der Waals surface area (Å²) in [6.07, 6.45) is 1.06. The molecule has 0 aliphatic carbocycles. The number of sulfone groups is 2. The Hall–Kier alpha value is -1.40. The average Bonchev–Trinajstić information content (AvgIpc) is 2.98. The summed E-state index contributed by atoms with van der Waals surface area (Å²) in [6, 6.07) is 7.21. The Morgan fingerprint density at radius 1 is 1.00 bits per heavy atom. The fourth-order valence-corrected chi connectivity index (χ4v) is 5.55. The first kappa shape index (κ1) is 18.9. The maximum absolute atomic E-state index is 12.7. The minimum atomic E-state index is -3.76. The second kappa shape index (κ2) is 6.48. The van der Waals surface area contributed by atoms with Crippen molar-refractivity contribution in [2.24, 2.45) is 0 Å². The first-order valence-electron chi connectivity index (χ1n) is 7.06. The highest BCUT2D eigenvalue weighted by atomic mass is 32.2. The lowest BCUT2D eigenvalue weighted by molar-refractivity contribution is 0.597. The van der Waals surface area contributed by atoms with Crippen molar-refractivity contribution in [1.29, 1.82) is 0 Å². The molecule has 0 saturated heterocycles. The van der Waals surface area contributed by atoms with E-state index in [0.29, 0.717) is 5.56 Å². The van der Waals surface area contributed by atoms with Crippen LogP contribution in [0.2, 0.25) is 19.6 Å². The molecule has 0 atom stereocenters. The average molecular weight is 399 g/mol. The van der Waals surface area contributed by atoms with Crippen molar-refractivity contribution in [2.75, 3.05) is 6.26 Å². The normalized spacial score (nSPS) is 12.5. The highest BCUT2D eigenvalue weighted by Gasteiger charge is 2.22. The van der Waals surface area contributed by atoms with Crippen LogP contribution in [-0.2, 0) is 19.7 Å². The van der Waals surface area contributed by atoms with E-state index < -0.39 is 27.7 Å². The third-order valence-electron chi connectivity index (χ3n) is 2.96. The zero-order valence-electron chi connectivity index (χ0n) is 13.8. The Morgan fingerprint density at radius 2 is 1.62 bits per heavy atom. The molecule has 0 saturated carbocycles. The van der Waals surface area contributed by atoms with Gasteiger partial charge < -0.3 is 0 Å². The van der Waals surface area contributed by atoms with Gasteiger partial charge >= 0.3 is 0 Å². The maximum atomic E-state index is 12.7. The van der Waals surface area contributed by atoms with E-state index in [1.165, 1.54) is 24.3 Å². The van der Waals surface area contributed by atoms with Crippen LogP contribution >= 0.6 is 11.3 Å². The van der Waals surface area contributed by atoms with Gasteiger partial charge in [-0.25, -0.2) is 16.8 Å². The van der Waals surface area contributed by atoms with E-state index in [0.717, 1.165) is 17.6 Å². The van der Waals surface area contributed by atoms with Gasteiger partial charge in [-0.2, -0.15) is 0 Å². The first-order chi connectivity index (χ1) is 10.9. The van der Waals surface area contributed by atoms with Gasteiger partial charge in [0.2, 0.25) is 9.84 Å². The topological polar surface area (TPSA) is 68.3 Å². The summed E-state index contributed by atoms with van der Waals surface area (Å²) < 4.78 is 49.4. The third kappa shape index (κ3) is 4.57. The van der Waals surface area contributed by atoms with Gasteiger partial charge in [0.15, 0.2) is 9.84 Å². The number of benzene rings is 1. The highest BCUT2D eigenvalue weighted by molar-refractivity contribution is 7.93. The first-order valence-corrected chi connectivity index (χ1v) is 14.8. The lowest BCUT2D eigenvalue weighted by Gasteiger charge is -2.07. The molecule has 128 valence electrons. The monoisotopic (exact) mass is 398 g/mol. The summed E-state index contributed by atoms with van der Waals surface area (Å²) in [4.78, 5) is -0.0900. The SMILES string of the molecule is C[Si](C)(C)C#Cc1cc(S(C)(=O)=O)cc(S(=O)(=O)c2cccs2)c1. The minimum absolute atomic E-state index is 0.0417. The zero-order chi connectivity index (χ0) is 18.2. The molecular weight excluding hydrogens is 380 g/mol. The van der Waals surface area contributed by atoms with E-state index in [9.17, 15) is 16.8 Å². The standard InChI is InChI=1S/C16H18O4S3Si/c1-22(17,18)14-10-13(7-9-24(2,3)4)11-15(12-14)23(19,20)16-6-5-8-21-16/h5-6,8,10-12H,1-4H3. The van der Waals surface area contributed by atoms with Crippen LogP contribution < -0.4 is 0 Å². The van der Waals surface area contributed by atoms with Gasteiger partial charge in [-0.05, 0) is 29.6 Å². The molecule has 2 aromatic rings. The molecule has 0 radical (unpaired) electrons. The largest absolute Gasteiger partial charge is 0.224 e. The van der Waals surface area contributed by atoms with Crippen LogP contribution in [0.4, 0.5) is 0 Å². The maximum Gasteiger partial charge on any atom is 0.216 e. The van der Waals surface area contributed by atoms with Crippen LogP contribution in [-0.4, -0.2) is 31.2 Å². The summed E-state index contributed by atoms with van der Waals surface area (Å²) in [5.74, 6) is 2.94. The second-order valence-electron chi connectivity index (χ2n) is 6.40. The lowest BCUT2D eigenvalue weighted by atomic mass is 10.2. The molecule has 24 heavy (non-hydrogen) atoms. The quantitative estimate of drug-likeness (QED) is 0.588. The Bertz CT molecular complexity index is 1020. The Morgan fingerprint density at radius 3 is 2.12 bits per heavy atom. The molecule has 1 heterocycles. The molecule has 0 aliphatic heterocycles. The zero-order valence-corrected chi connectivity index (χ0v) is 17.3. The van der Waals surface area contributed by atoms with E-state index in [-0.39, 0.29) is 14.0 Å². The smallest absolute Gasteiger partial charge is 0.216 e. The Kier molecular flexibility index (Phi) is 5.11. The van der Waals surface area contributed by atoms with Crippen LogP contribution in [0.1, 0.15) is 5.56 Å². The highest BCUT2D eigenvalue weighted by Crippen LogP contribution is 2.27. The minimum Gasteiger partial charge on any atom is -0.224 e. The molecule has 0 N–H and O–H groups in total. The van der Waals surface area contributed by atoms with Crippen molar-refractivity contribution >= 4 is 39.1 Å². The predicted molar refractivity (Wildman–Crippen MR) is 99.5 cm³/mol. The molecule has 0 aliphatic rings. The summed E-state index contributed by atoms with van der Waals surface area (Å²) in [5, 5.41) is 1.67. The van der Waals surface area contributed by atoms with E-state index in [2.05, 4.69) is 31.1 Å². The number of thiophene rings is 1. The molecular formula is C16H18O4S3Si. The van der Waals surface area contributed by atoms with Gasteiger partial charge in [-0.15, -0.1) is 16.9 Å². The molecule has 1 aromatic heterocycles. The summed E-state index contributed by atoms with van der Waals surface area (Å²) in [5.41, 5.74) is 3.53. The van der Waals surface area contributed by atoms with Gasteiger partial charge in [-0.1, -0.05) is 31.6 Å². The van der Waals surface area contributed by atoms with Crippen molar-refractivity contribution in [1.82, 2.24) is 0 Å². The van der Waals surface area contributed by atoms with Crippen LogP contribution in [0, 0.1) is 11.5 Å². The molecule has 2 rings (SSSR count). The van der Waals surface area contributed by atoms with E-state index in [1.54, 1.807) is 11.4 Å². The Labute approximate surface area is 148 Å². The molecule has 1 aromatic carbocycles. The van der Waals surface area contributed by atoms with Crippen LogP contribution in [0.3, 0.4) is 0 Å². The molecule has 8 heteroatoms. The number of rotatable bonds is 3. The third-order valence-corrected chi connectivity index (χ3v) is 8.06. The predicted octanol–water partition coefficient (Wildman–Crippen LogP) is 3.21. The van der Waals surface area contributed by atoms with Crippen molar-refractivity contribution in [3.63, 3.8) is 0 Å². The van der Waals surface area contributed by atoms with Crippen molar-refractivity contribution in [2.45, 2.75) is 33.6 Å². The summed E-state index contributed by atoms with van der Waals surface area (Å²) in [7, 11) is -8.98. The van der Waals surface area contributed by atoms with Crippen LogP contribution in [0.25, 0.3) is 0 Å². The summed E-state index contributed by atoms with van der Waals surface area (Å²) in [6.45, 7) is 6.18. The molecule has 0 fully saturated rings. The van der Waals surface area contributed by atoms with Gasteiger partial charge in [0, 0.05) is 11.8 Å². The van der Waals surface area contributed by atoms with Crippen LogP contribution in [0.5, 0.6) is 0 Å². The van der Waals surface area contributed by atoms with Gasteiger partial charge in [0.05, 0.1) is 9.79 Å². The fraction of sp³-hybridized carbons (Fsp3) is 0.250. The molecule has 0 amide bonds. The van der Waals surface area contributed by atoms with Crippen molar-refractivity contribution in [3.8, 4) is 11.5 Å². The van der Waals surface area contributed by atoms with E-state index >= 15 is 0 Å². The molecule has 0 unspecified atom stereocenters. The van der Waals surface area contributed by atoms with Crippen LogP contribution in [0.15, 0.2) is 49.7 Å². The number of hydrogen-bond acceptors (Lipinski definition) is 5. The van der Waals surface area contributed by atoms with E-state index in [4.69, 9.17) is 0 Å². The molecule has 0 spiro atoms. The van der Waals surface area contributed by atoms with Gasteiger partial charge in [0.25, 0.3) is 0 Å². The fourth-order valence-electron chi connectivity index (χ4n) is 1.81. The second-order valence-corrected chi connectivity index (χ2v) is 16.3.